The highest BCUT2D eigenvalue weighted by Crippen LogP contribution is 2.28. The van der Waals surface area contributed by atoms with Crippen LogP contribution in [-0.4, -0.2) is 30.1 Å². The number of aliphatic imine (C=N–C) groups is 1. The van der Waals surface area contributed by atoms with E-state index >= 15 is 0 Å². The summed E-state index contributed by atoms with van der Waals surface area (Å²) in [6.07, 6.45) is -2.21. The molecule has 1 heterocycles. The topological polar surface area (TPSA) is 41.9 Å². The number of rotatable bonds is 1. The molecule has 0 bridgehead atoms. The monoisotopic (exact) mass is 296 g/mol. The van der Waals surface area contributed by atoms with E-state index in [1.165, 1.54) is 19.2 Å². The number of amidine groups is 1. The third kappa shape index (κ3) is 3.31. The zero-order valence-electron chi connectivity index (χ0n) is 11.0. The van der Waals surface area contributed by atoms with E-state index in [1.54, 1.807) is 18.2 Å². The Morgan fingerprint density at radius 2 is 1.90 bits per heavy atom. The quantitative estimate of drug-likeness (QED) is 0.799. The van der Waals surface area contributed by atoms with Crippen molar-refractivity contribution in [2.24, 2.45) is 4.99 Å². The number of amides is 1. The summed E-state index contributed by atoms with van der Waals surface area (Å²) in [5.41, 5.74) is -0.774. The second-order valence-electron chi connectivity index (χ2n) is 4.05. The molecular formula is C14H11F3N2O2. The molecule has 0 spiro atoms. The first kappa shape index (κ1) is 14.8. The Morgan fingerprint density at radius 1 is 1.24 bits per heavy atom. The van der Waals surface area contributed by atoms with Gasteiger partial charge in [-0.25, -0.2) is 9.89 Å². The van der Waals surface area contributed by atoms with Crippen LogP contribution in [0.15, 0.2) is 59.4 Å². The van der Waals surface area contributed by atoms with Crippen LogP contribution < -0.4 is 0 Å². The van der Waals surface area contributed by atoms with Gasteiger partial charge in [-0.1, -0.05) is 18.2 Å². The number of benzene rings is 1. The maximum atomic E-state index is 12.8. The molecule has 1 aromatic rings. The molecule has 0 fully saturated rings. The van der Waals surface area contributed by atoms with Crippen LogP contribution in [-0.2, 0) is 4.74 Å². The van der Waals surface area contributed by atoms with Crippen LogP contribution in [0.1, 0.15) is 10.4 Å². The number of hydrogen-bond donors (Lipinski definition) is 0. The van der Waals surface area contributed by atoms with Crippen LogP contribution >= 0.6 is 0 Å². The fourth-order valence-electron chi connectivity index (χ4n) is 1.66. The highest BCUT2D eigenvalue weighted by molar-refractivity contribution is 6.05. The molecule has 0 saturated heterocycles. The van der Waals surface area contributed by atoms with Crippen molar-refractivity contribution in [2.75, 3.05) is 7.11 Å². The summed E-state index contributed by atoms with van der Waals surface area (Å²) >= 11 is 0. The number of halogens is 3. The third-order valence-electron chi connectivity index (χ3n) is 2.66. The summed E-state index contributed by atoms with van der Waals surface area (Å²) < 4.78 is 43.4. The Balaban J connectivity index is 2.44. The standard InChI is InChI=1S/C14H11F3N2O2/c1-21-13-18-8-7-11(14(15,16)17)9-19(13)12(20)10-5-3-2-4-6-10/h2-9H,1H3. The highest BCUT2D eigenvalue weighted by Gasteiger charge is 2.35. The van der Waals surface area contributed by atoms with E-state index in [0.717, 1.165) is 17.2 Å². The fraction of sp³-hybridized carbons (Fsp3) is 0.143. The number of alkyl halides is 3. The molecule has 0 aliphatic carbocycles. The van der Waals surface area contributed by atoms with Gasteiger partial charge in [-0.05, 0) is 18.2 Å². The van der Waals surface area contributed by atoms with Gasteiger partial charge in [0.05, 0.1) is 12.7 Å². The second-order valence-corrected chi connectivity index (χ2v) is 4.05. The summed E-state index contributed by atoms with van der Waals surface area (Å²) in [6, 6.07) is 7.68. The van der Waals surface area contributed by atoms with E-state index in [9.17, 15) is 18.0 Å². The van der Waals surface area contributed by atoms with Crippen molar-refractivity contribution >= 4 is 11.9 Å². The Labute approximate surface area is 118 Å². The molecular weight excluding hydrogens is 285 g/mol. The number of methoxy groups -OCH3 is 1. The third-order valence-corrected chi connectivity index (χ3v) is 2.66. The van der Waals surface area contributed by atoms with E-state index in [2.05, 4.69) is 4.99 Å². The smallest absolute Gasteiger partial charge is 0.417 e. The summed E-state index contributed by atoms with van der Waals surface area (Å²) in [5, 5.41) is 0. The van der Waals surface area contributed by atoms with Crippen molar-refractivity contribution in [3.05, 3.63) is 59.9 Å². The molecule has 4 nitrogen and oxygen atoms in total. The van der Waals surface area contributed by atoms with Crippen molar-refractivity contribution < 1.29 is 22.7 Å². The van der Waals surface area contributed by atoms with Gasteiger partial charge in [0.15, 0.2) is 0 Å². The van der Waals surface area contributed by atoms with Gasteiger partial charge in [0.25, 0.3) is 5.91 Å². The number of allylic oxidation sites excluding steroid dienone is 2. The number of carbonyl (C=O) groups is 1. The molecule has 0 atom stereocenters. The fourth-order valence-corrected chi connectivity index (χ4v) is 1.66. The minimum atomic E-state index is -4.59. The summed E-state index contributed by atoms with van der Waals surface area (Å²) in [4.78, 5) is 16.8. The average Bonchev–Trinajstić information content (AvgIpc) is 2.69. The number of nitrogens with zero attached hydrogens (tertiary/aromatic N) is 2. The van der Waals surface area contributed by atoms with Crippen LogP contribution in [0.3, 0.4) is 0 Å². The van der Waals surface area contributed by atoms with Crippen LogP contribution in [0.5, 0.6) is 0 Å². The summed E-state index contributed by atoms with van der Waals surface area (Å²) in [6.45, 7) is 0. The zero-order valence-corrected chi connectivity index (χ0v) is 11.0. The molecule has 0 unspecified atom stereocenters. The largest absolute Gasteiger partial charge is 0.468 e. The van der Waals surface area contributed by atoms with Crippen LogP contribution in [0.2, 0.25) is 0 Å². The van der Waals surface area contributed by atoms with Gasteiger partial charge in [-0.3, -0.25) is 4.79 Å². The van der Waals surface area contributed by atoms with Crippen molar-refractivity contribution in [2.45, 2.75) is 6.18 Å². The molecule has 2 rings (SSSR count). The molecule has 7 heteroatoms. The number of carbonyl (C=O) groups excluding carboxylic acids is 1. The first-order chi connectivity index (χ1) is 9.93. The van der Waals surface area contributed by atoms with E-state index in [0.29, 0.717) is 6.20 Å². The minimum Gasteiger partial charge on any atom is -0.468 e. The zero-order chi connectivity index (χ0) is 15.5. The van der Waals surface area contributed by atoms with Crippen molar-refractivity contribution in [1.29, 1.82) is 0 Å². The van der Waals surface area contributed by atoms with Crippen LogP contribution in [0.25, 0.3) is 0 Å². The van der Waals surface area contributed by atoms with Gasteiger partial charge in [-0.2, -0.15) is 13.2 Å². The first-order valence-corrected chi connectivity index (χ1v) is 5.89. The lowest BCUT2D eigenvalue weighted by Gasteiger charge is -2.19. The van der Waals surface area contributed by atoms with Crippen molar-refractivity contribution in [1.82, 2.24) is 4.90 Å². The Bertz CT molecular complexity index is 619. The molecule has 1 aromatic carbocycles. The van der Waals surface area contributed by atoms with E-state index in [4.69, 9.17) is 4.74 Å². The summed E-state index contributed by atoms with van der Waals surface area (Å²) in [7, 11) is 1.23. The molecule has 0 saturated carbocycles. The van der Waals surface area contributed by atoms with Crippen LogP contribution in [0.4, 0.5) is 13.2 Å². The highest BCUT2D eigenvalue weighted by atomic mass is 19.4. The molecule has 1 amide bonds. The van der Waals surface area contributed by atoms with Gasteiger partial charge >= 0.3 is 12.2 Å². The van der Waals surface area contributed by atoms with E-state index in [1.807, 2.05) is 0 Å². The first-order valence-electron chi connectivity index (χ1n) is 5.89. The Hall–Kier alpha value is -2.57. The molecule has 0 N–H and O–H groups in total. The Morgan fingerprint density at radius 3 is 2.48 bits per heavy atom. The normalized spacial score (nSPS) is 15.1. The predicted molar refractivity (Wildman–Crippen MR) is 70.3 cm³/mol. The van der Waals surface area contributed by atoms with Gasteiger partial charge in [0.1, 0.15) is 0 Å². The van der Waals surface area contributed by atoms with E-state index < -0.39 is 17.7 Å². The maximum absolute atomic E-state index is 12.8. The summed E-state index contributed by atoms with van der Waals surface area (Å²) in [5.74, 6) is -0.665. The molecule has 110 valence electrons. The molecule has 1 aliphatic rings. The number of hydrogen-bond acceptors (Lipinski definition) is 3. The van der Waals surface area contributed by atoms with Crippen molar-refractivity contribution in [3.63, 3.8) is 0 Å². The van der Waals surface area contributed by atoms with Gasteiger partial charge in [0, 0.05) is 18.0 Å². The SMILES string of the molecule is COC1=NC=CC(C(F)(F)F)=CN1C(=O)c1ccccc1. The lowest BCUT2D eigenvalue weighted by Crippen LogP contribution is -2.34. The lowest BCUT2D eigenvalue weighted by molar-refractivity contribution is -0.0888. The van der Waals surface area contributed by atoms with Gasteiger partial charge in [0.2, 0.25) is 0 Å². The van der Waals surface area contributed by atoms with Gasteiger partial charge in [-0.15, -0.1) is 0 Å². The average molecular weight is 296 g/mol. The number of ether oxygens (including phenoxy) is 1. The second kappa shape index (κ2) is 5.82. The molecule has 21 heavy (non-hydrogen) atoms. The van der Waals surface area contributed by atoms with Crippen molar-refractivity contribution in [3.8, 4) is 0 Å². The minimum absolute atomic E-state index is 0.224. The predicted octanol–water partition coefficient (Wildman–Crippen LogP) is 3.10. The Kier molecular flexibility index (Phi) is 4.11. The van der Waals surface area contributed by atoms with Gasteiger partial charge < -0.3 is 4.74 Å². The molecule has 1 aliphatic heterocycles. The molecule has 0 radical (unpaired) electrons. The van der Waals surface area contributed by atoms with E-state index in [-0.39, 0.29) is 11.6 Å². The molecule has 0 aromatic heterocycles. The van der Waals surface area contributed by atoms with Crippen LogP contribution in [0, 0.1) is 0 Å². The lowest BCUT2D eigenvalue weighted by atomic mass is 10.2. The maximum Gasteiger partial charge on any atom is 0.417 e.